The first kappa shape index (κ1) is 11.3. The van der Waals surface area contributed by atoms with E-state index in [-0.39, 0.29) is 5.82 Å². The van der Waals surface area contributed by atoms with Crippen molar-refractivity contribution in [1.29, 1.82) is 0 Å². The minimum Gasteiger partial charge on any atom is -0.438 e. The van der Waals surface area contributed by atoms with Crippen molar-refractivity contribution >= 4 is 5.82 Å². The Hall–Kier alpha value is -2.17. The maximum atomic E-state index is 13.3. The number of rotatable bonds is 2. The van der Waals surface area contributed by atoms with Crippen molar-refractivity contribution in [1.82, 2.24) is 9.97 Å². The maximum Gasteiger partial charge on any atom is 0.227 e. The highest BCUT2D eigenvalue weighted by Gasteiger charge is 2.07. The number of hydrogen-bond donors (Lipinski definition) is 1. The van der Waals surface area contributed by atoms with Gasteiger partial charge in [0, 0.05) is 6.07 Å². The van der Waals surface area contributed by atoms with Crippen molar-refractivity contribution in [3.63, 3.8) is 0 Å². The molecule has 0 aliphatic heterocycles. The molecule has 0 saturated heterocycles. The van der Waals surface area contributed by atoms with Gasteiger partial charge in [0.1, 0.15) is 23.7 Å². The van der Waals surface area contributed by atoms with Crippen LogP contribution in [-0.2, 0) is 0 Å². The van der Waals surface area contributed by atoms with Crippen LogP contribution in [0.15, 0.2) is 24.5 Å². The lowest BCUT2D eigenvalue weighted by Crippen LogP contribution is -1.99. The topological polar surface area (TPSA) is 61.0 Å². The quantitative estimate of drug-likeness (QED) is 0.866. The van der Waals surface area contributed by atoms with Crippen LogP contribution in [0, 0.1) is 19.7 Å². The molecule has 5 heteroatoms. The highest BCUT2D eigenvalue weighted by molar-refractivity contribution is 5.44. The monoisotopic (exact) mass is 233 g/mol. The predicted molar refractivity (Wildman–Crippen MR) is 62.4 cm³/mol. The summed E-state index contributed by atoms with van der Waals surface area (Å²) >= 11 is 0. The Morgan fingerprint density at radius 3 is 2.71 bits per heavy atom. The van der Waals surface area contributed by atoms with Crippen molar-refractivity contribution in [2.45, 2.75) is 13.8 Å². The van der Waals surface area contributed by atoms with Gasteiger partial charge in [0.2, 0.25) is 5.88 Å². The van der Waals surface area contributed by atoms with Crippen LogP contribution in [0.25, 0.3) is 0 Å². The van der Waals surface area contributed by atoms with Crippen LogP contribution in [-0.4, -0.2) is 9.97 Å². The summed E-state index contributed by atoms with van der Waals surface area (Å²) < 4.78 is 18.8. The second kappa shape index (κ2) is 4.37. The summed E-state index contributed by atoms with van der Waals surface area (Å²) in [5, 5.41) is 0. The average Bonchev–Trinajstić information content (AvgIpc) is 2.30. The maximum absolute atomic E-state index is 13.3. The first-order valence-electron chi connectivity index (χ1n) is 5.09. The van der Waals surface area contributed by atoms with Crippen LogP contribution in [0.1, 0.15) is 11.1 Å². The van der Waals surface area contributed by atoms with E-state index >= 15 is 0 Å². The third-order valence-electron chi connectivity index (χ3n) is 2.43. The molecule has 2 rings (SSSR count). The molecule has 0 saturated carbocycles. The SMILES string of the molecule is Cc1ccc(Oc2ncnc(N)c2C)cc1F. The number of nitrogens with two attached hydrogens (primary N) is 1. The highest BCUT2D eigenvalue weighted by atomic mass is 19.1. The van der Waals surface area contributed by atoms with Gasteiger partial charge < -0.3 is 10.5 Å². The number of halogens is 1. The Morgan fingerprint density at radius 2 is 2.00 bits per heavy atom. The third kappa shape index (κ3) is 2.33. The van der Waals surface area contributed by atoms with Crippen LogP contribution in [0.3, 0.4) is 0 Å². The van der Waals surface area contributed by atoms with Crippen molar-refractivity contribution in [3.05, 3.63) is 41.5 Å². The number of nitrogen functional groups attached to an aromatic ring is 1. The van der Waals surface area contributed by atoms with Gasteiger partial charge in [0.15, 0.2) is 0 Å². The largest absolute Gasteiger partial charge is 0.438 e. The number of aryl methyl sites for hydroxylation is 1. The second-order valence-electron chi connectivity index (χ2n) is 3.70. The van der Waals surface area contributed by atoms with E-state index in [0.717, 1.165) is 0 Å². The van der Waals surface area contributed by atoms with Crippen LogP contribution < -0.4 is 10.5 Å². The third-order valence-corrected chi connectivity index (χ3v) is 2.43. The molecule has 2 aromatic rings. The zero-order valence-corrected chi connectivity index (χ0v) is 9.57. The fourth-order valence-electron chi connectivity index (χ4n) is 1.30. The summed E-state index contributed by atoms with van der Waals surface area (Å²) in [6, 6.07) is 4.63. The molecule has 0 amide bonds. The summed E-state index contributed by atoms with van der Waals surface area (Å²) in [5.41, 5.74) is 6.82. The van der Waals surface area contributed by atoms with Gasteiger partial charge in [-0.05, 0) is 25.5 Å². The Bertz CT molecular complexity index is 557. The molecule has 1 aromatic carbocycles. The Kier molecular flexibility index (Phi) is 2.91. The Balaban J connectivity index is 2.31. The normalized spacial score (nSPS) is 10.3. The molecule has 1 aromatic heterocycles. The molecule has 0 radical (unpaired) electrons. The zero-order chi connectivity index (χ0) is 12.4. The summed E-state index contributed by atoms with van der Waals surface area (Å²) in [4.78, 5) is 7.78. The van der Waals surface area contributed by atoms with E-state index in [1.54, 1.807) is 26.0 Å². The molecular weight excluding hydrogens is 221 g/mol. The minimum absolute atomic E-state index is 0.317. The molecule has 17 heavy (non-hydrogen) atoms. The fraction of sp³-hybridized carbons (Fsp3) is 0.167. The molecule has 0 aliphatic carbocycles. The standard InChI is InChI=1S/C12H12FN3O/c1-7-3-4-9(5-10(7)13)17-12-8(2)11(14)15-6-16-12/h3-6H,1-2H3,(H2,14,15,16). The lowest BCUT2D eigenvalue weighted by atomic mass is 10.2. The number of aromatic nitrogens is 2. The van der Waals surface area contributed by atoms with E-state index < -0.39 is 0 Å². The molecule has 2 N–H and O–H groups in total. The molecule has 0 unspecified atom stereocenters. The summed E-state index contributed by atoms with van der Waals surface area (Å²) in [6.45, 7) is 3.43. The lowest BCUT2D eigenvalue weighted by molar-refractivity contribution is 0.453. The van der Waals surface area contributed by atoms with Gasteiger partial charge in [0.05, 0.1) is 5.56 Å². The van der Waals surface area contributed by atoms with E-state index in [1.807, 2.05) is 0 Å². The van der Waals surface area contributed by atoms with E-state index in [9.17, 15) is 4.39 Å². The van der Waals surface area contributed by atoms with Crippen molar-refractivity contribution in [2.24, 2.45) is 0 Å². The van der Waals surface area contributed by atoms with Gasteiger partial charge >= 0.3 is 0 Å². The molecule has 1 heterocycles. The van der Waals surface area contributed by atoms with Gasteiger partial charge in [-0.3, -0.25) is 0 Å². The molecule has 0 spiro atoms. The molecule has 0 fully saturated rings. The summed E-state index contributed by atoms with van der Waals surface area (Å²) in [7, 11) is 0. The number of hydrogen-bond acceptors (Lipinski definition) is 4. The van der Waals surface area contributed by atoms with Gasteiger partial charge in [-0.15, -0.1) is 0 Å². The summed E-state index contributed by atoms with van der Waals surface area (Å²) in [6.07, 6.45) is 1.31. The van der Waals surface area contributed by atoms with Gasteiger partial charge in [-0.2, -0.15) is 0 Å². The predicted octanol–water partition coefficient (Wildman–Crippen LogP) is 2.61. The molecular formula is C12H12FN3O. The second-order valence-corrected chi connectivity index (χ2v) is 3.70. The molecule has 0 aliphatic rings. The molecule has 0 bridgehead atoms. The number of anilines is 1. The van der Waals surface area contributed by atoms with Crippen LogP contribution in [0.4, 0.5) is 10.2 Å². The van der Waals surface area contributed by atoms with Crippen LogP contribution in [0.5, 0.6) is 11.6 Å². The van der Waals surface area contributed by atoms with E-state index in [1.165, 1.54) is 12.4 Å². The van der Waals surface area contributed by atoms with Gasteiger partial charge in [-0.1, -0.05) is 6.07 Å². The minimum atomic E-state index is -0.317. The summed E-state index contributed by atoms with van der Waals surface area (Å²) in [5.74, 6) is 0.750. The number of nitrogens with zero attached hydrogens (tertiary/aromatic N) is 2. The Labute approximate surface area is 98.3 Å². The zero-order valence-electron chi connectivity index (χ0n) is 9.57. The fourth-order valence-corrected chi connectivity index (χ4v) is 1.30. The van der Waals surface area contributed by atoms with E-state index in [4.69, 9.17) is 10.5 Å². The van der Waals surface area contributed by atoms with Gasteiger partial charge in [0.25, 0.3) is 0 Å². The van der Waals surface area contributed by atoms with Crippen molar-refractivity contribution in [3.8, 4) is 11.6 Å². The first-order chi connectivity index (χ1) is 8.08. The highest BCUT2D eigenvalue weighted by Crippen LogP contribution is 2.25. The van der Waals surface area contributed by atoms with Crippen LogP contribution >= 0.6 is 0 Å². The lowest BCUT2D eigenvalue weighted by Gasteiger charge is -2.08. The van der Waals surface area contributed by atoms with E-state index in [0.29, 0.717) is 28.6 Å². The number of benzene rings is 1. The van der Waals surface area contributed by atoms with Crippen LogP contribution in [0.2, 0.25) is 0 Å². The van der Waals surface area contributed by atoms with Crippen molar-refractivity contribution in [2.75, 3.05) is 5.73 Å². The Morgan fingerprint density at radius 1 is 1.24 bits per heavy atom. The molecule has 0 atom stereocenters. The number of ether oxygens (including phenoxy) is 1. The molecule has 4 nitrogen and oxygen atoms in total. The first-order valence-corrected chi connectivity index (χ1v) is 5.09. The average molecular weight is 233 g/mol. The molecule has 88 valence electrons. The van der Waals surface area contributed by atoms with Crippen molar-refractivity contribution < 1.29 is 9.13 Å². The van der Waals surface area contributed by atoms with E-state index in [2.05, 4.69) is 9.97 Å². The smallest absolute Gasteiger partial charge is 0.227 e. The van der Waals surface area contributed by atoms with Gasteiger partial charge in [-0.25, -0.2) is 14.4 Å².